The number of ether oxygens (including phenoxy) is 1. The Kier molecular flexibility index (Phi) is 3.42. The van der Waals surface area contributed by atoms with Gasteiger partial charge in [0.05, 0.1) is 6.61 Å². The van der Waals surface area contributed by atoms with Gasteiger partial charge in [-0.2, -0.15) is 8.78 Å². The van der Waals surface area contributed by atoms with Crippen molar-refractivity contribution >= 4 is 0 Å². The normalized spacial score (nSPS) is 23.3. The molecule has 0 bridgehead atoms. The molecule has 1 atom stereocenters. The summed E-state index contributed by atoms with van der Waals surface area (Å²) in [7, 11) is 0. The number of alkyl halides is 2. The quantitative estimate of drug-likeness (QED) is 0.599. The van der Waals surface area contributed by atoms with Gasteiger partial charge in [0.15, 0.2) is 5.60 Å². The van der Waals surface area contributed by atoms with Gasteiger partial charge >= 0.3 is 5.92 Å². The van der Waals surface area contributed by atoms with Gasteiger partial charge in [-0.05, 0) is 48.9 Å². The van der Waals surface area contributed by atoms with Gasteiger partial charge in [0.25, 0.3) is 0 Å². The fraction of sp³-hybridized carbons (Fsp3) is 0.389. The number of epoxide rings is 1. The molecule has 1 saturated heterocycles. The molecule has 0 amide bonds. The molecule has 2 fully saturated rings. The van der Waals surface area contributed by atoms with Crippen molar-refractivity contribution in [3.05, 3.63) is 65.0 Å². The molecule has 1 aromatic carbocycles. The predicted octanol–water partition coefficient (Wildman–Crippen LogP) is 4.33. The molecule has 2 aliphatic rings. The van der Waals surface area contributed by atoms with Crippen LogP contribution in [0.15, 0.2) is 36.5 Å². The van der Waals surface area contributed by atoms with Crippen LogP contribution in [0, 0.1) is 17.6 Å². The summed E-state index contributed by atoms with van der Waals surface area (Å²) in [5.74, 6) is -4.75. The Morgan fingerprint density at radius 3 is 2.46 bits per heavy atom. The zero-order valence-corrected chi connectivity index (χ0v) is 12.7. The van der Waals surface area contributed by atoms with E-state index in [1.165, 1.54) is 25.1 Å². The van der Waals surface area contributed by atoms with Crippen molar-refractivity contribution in [3.8, 4) is 0 Å². The summed E-state index contributed by atoms with van der Waals surface area (Å²) in [6, 6.07) is 5.44. The summed E-state index contributed by atoms with van der Waals surface area (Å²) in [6.07, 6.45) is 4.61. The van der Waals surface area contributed by atoms with Crippen molar-refractivity contribution in [1.82, 2.24) is 4.98 Å². The Balaban J connectivity index is 1.65. The van der Waals surface area contributed by atoms with E-state index in [0.29, 0.717) is 12.0 Å². The second kappa shape index (κ2) is 5.28. The Morgan fingerprint density at radius 2 is 1.92 bits per heavy atom. The largest absolute Gasteiger partial charge is 0.357 e. The van der Waals surface area contributed by atoms with Crippen LogP contribution in [0.25, 0.3) is 0 Å². The summed E-state index contributed by atoms with van der Waals surface area (Å²) in [5.41, 5.74) is -2.02. The van der Waals surface area contributed by atoms with Crippen LogP contribution >= 0.6 is 0 Å². The van der Waals surface area contributed by atoms with Gasteiger partial charge in [-0.15, -0.1) is 0 Å². The smallest absolute Gasteiger partial charge is 0.324 e. The molecular formula is C18H15F4NO. The number of aromatic nitrogens is 1. The first-order valence-electron chi connectivity index (χ1n) is 7.85. The van der Waals surface area contributed by atoms with Gasteiger partial charge in [-0.1, -0.05) is 6.07 Å². The molecule has 1 unspecified atom stereocenters. The third-order valence-electron chi connectivity index (χ3n) is 4.67. The number of benzene rings is 1. The van der Waals surface area contributed by atoms with E-state index in [1.54, 1.807) is 6.07 Å². The fourth-order valence-electron chi connectivity index (χ4n) is 2.99. The minimum atomic E-state index is -3.51. The maximum absolute atomic E-state index is 14.9. The molecular weight excluding hydrogens is 322 g/mol. The Labute approximate surface area is 136 Å². The summed E-state index contributed by atoms with van der Waals surface area (Å²) in [6.45, 7) is -0.339. The number of hydrogen-bond acceptors (Lipinski definition) is 2. The summed E-state index contributed by atoms with van der Waals surface area (Å²) in [4.78, 5) is 3.88. The van der Waals surface area contributed by atoms with E-state index in [4.69, 9.17) is 4.74 Å². The number of nitrogens with zero attached hydrogens (tertiary/aromatic N) is 1. The van der Waals surface area contributed by atoms with Crippen LogP contribution < -0.4 is 0 Å². The Hall–Kier alpha value is -1.95. The zero-order valence-electron chi connectivity index (χ0n) is 12.7. The lowest BCUT2D eigenvalue weighted by Crippen LogP contribution is -2.34. The average Bonchev–Trinajstić information content (AvgIpc) is 3.42. The van der Waals surface area contributed by atoms with Crippen molar-refractivity contribution in [2.24, 2.45) is 5.92 Å². The monoisotopic (exact) mass is 337 g/mol. The molecule has 0 N–H and O–H groups in total. The van der Waals surface area contributed by atoms with E-state index in [2.05, 4.69) is 4.98 Å². The van der Waals surface area contributed by atoms with Crippen LogP contribution in [-0.2, 0) is 22.7 Å². The average molecular weight is 337 g/mol. The molecule has 2 aromatic rings. The topological polar surface area (TPSA) is 25.4 Å². The van der Waals surface area contributed by atoms with Crippen LogP contribution in [-0.4, -0.2) is 11.6 Å². The van der Waals surface area contributed by atoms with Crippen molar-refractivity contribution in [2.45, 2.75) is 30.8 Å². The highest BCUT2D eigenvalue weighted by Gasteiger charge is 2.68. The molecule has 2 heterocycles. The molecule has 1 aliphatic heterocycles. The number of rotatable bonds is 5. The van der Waals surface area contributed by atoms with Crippen LogP contribution in [0.4, 0.5) is 17.6 Å². The number of hydrogen-bond donors (Lipinski definition) is 0. The highest BCUT2D eigenvalue weighted by Crippen LogP contribution is 2.56. The number of halogens is 4. The van der Waals surface area contributed by atoms with Gasteiger partial charge < -0.3 is 4.74 Å². The van der Waals surface area contributed by atoms with Crippen molar-refractivity contribution in [3.63, 3.8) is 0 Å². The molecule has 1 aliphatic carbocycles. The summed E-state index contributed by atoms with van der Waals surface area (Å²) >= 11 is 0. The third-order valence-corrected chi connectivity index (χ3v) is 4.67. The SMILES string of the molecule is Fc1ccc(C2(C(F)(F)c3ccc(CC4CC4)cn3)CO2)c(F)c1. The van der Waals surface area contributed by atoms with Gasteiger partial charge in [-0.25, -0.2) is 8.78 Å². The van der Waals surface area contributed by atoms with Gasteiger partial charge in [0, 0.05) is 17.8 Å². The fourth-order valence-corrected chi connectivity index (χ4v) is 2.99. The standard InChI is InChI=1S/C18H15F4NO/c19-13-4-5-14(15(20)8-13)17(10-24-17)18(21,22)16-6-3-12(9-23-16)7-11-1-2-11/h3-6,8-9,11H,1-2,7,10H2. The maximum atomic E-state index is 14.9. The van der Waals surface area contributed by atoms with Crippen LogP contribution in [0.1, 0.15) is 29.7 Å². The lowest BCUT2D eigenvalue weighted by molar-refractivity contribution is -0.0901. The maximum Gasteiger partial charge on any atom is 0.324 e. The zero-order chi connectivity index (χ0) is 16.9. The lowest BCUT2D eigenvalue weighted by atomic mass is 9.90. The molecule has 24 heavy (non-hydrogen) atoms. The highest BCUT2D eigenvalue weighted by atomic mass is 19.3. The van der Waals surface area contributed by atoms with Gasteiger partial charge in [-0.3, -0.25) is 4.98 Å². The van der Waals surface area contributed by atoms with Gasteiger partial charge in [0.1, 0.15) is 17.3 Å². The molecule has 2 nitrogen and oxygen atoms in total. The van der Waals surface area contributed by atoms with Crippen molar-refractivity contribution in [2.75, 3.05) is 6.61 Å². The molecule has 4 rings (SSSR count). The second-order valence-corrected chi connectivity index (χ2v) is 6.51. The molecule has 0 spiro atoms. The van der Waals surface area contributed by atoms with Crippen molar-refractivity contribution < 1.29 is 22.3 Å². The summed E-state index contributed by atoms with van der Waals surface area (Å²) in [5, 5.41) is 0. The van der Waals surface area contributed by atoms with E-state index >= 15 is 0 Å². The minimum absolute atomic E-state index is 0.339. The van der Waals surface area contributed by atoms with Crippen molar-refractivity contribution in [1.29, 1.82) is 0 Å². The summed E-state index contributed by atoms with van der Waals surface area (Å²) < 4.78 is 61.8. The Bertz CT molecular complexity index is 767. The molecule has 126 valence electrons. The lowest BCUT2D eigenvalue weighted by Gasteiger charge is -2.24. The molecule has 1 saturated carbocycles. The van der Waals surface area contributed by atoms with E-state index in [1.807, 2.05) is 0 Å². The molecule has 0 radical (unpaired) electrons. The number of pyridine rings is 1. The van der Waals surface area contributed by atoms with E-state index in [-0.39, 0.29) is 12.2 Å². The predicted molar refractivity (Wildman–Crippen MR) is 78.5 cm³/mol. The minimum Gasteiger partial charge on any atom is -0.357 e. The van der Waals surface area contributed by atoms with Crippen LogP contribution in [0.2, 0.25) is 0 Å². The Morgan fingerprint density at radius 1 is 1.17 bits per heavy atom. The first kappa shape index (κ1) is 15.6. The first-order chi connectivity index (χ1) is 11.4. The highest BCUT2D eigenvalue weighted by molar-refractivity contribution is 5.35. The van der Waals surface area contributed by atoms with E-state index in [9.17, 15) is 17.6 Å². The third kappa shape index (κ3) is 2.49. The van der Waals surface area contributed by atoms with E-state index < -0.39 is 28.9 Å². The van der Waals surface area contributed by atoms with Crippen LogP contribution in [0.3, 0.4) is 0 Å². The molecule has 1 aromatic heterocycles. The second-order valence-electron chi connectivity index (χ2n) is 6.51. The molecule has 6 heteroatoms. The first-order valence-corrected chi connectivity index (χ1v) is 7.85. The van der Waals surface area contributed by atoms with Gasteiger partial charge in [0.2, 0.25) is 0 Å². The van der Waals surface area contributed by atoms with Crippen LogP contribution in [0.5, 0.6) is 0 Å². The van der Waals surface area contributed by atoms with E-state index in [0.717, 1.165) is 24.1 Å².